The highest BCUT2D eigenvalue weighted by Gasteiger charge is 2.18. The zero-order valence-corrected chi connectivity index (χ0v) is 14.1. The number of carbonyl (C=O) groups is 2. The molecule has 0 saturated heterocycles. The van der Waals surface area contributed by atoms with E-state index >= 15 is 0 Å². The Morgan fingerprint density at radius 2 is 1.88 bits per heavy atom. The van der Waals surface area contributed by atoms with Crippen LogP contribution in [0.4, 0.5) is 10.1 Å². The third-order valence-corrected chi connectivity index (χ3v) is 3.68. The van der Waals surface area contributed by atoms with E-state index < -0.39 is 17.7 Å². The lowest BCUT2D eigenvalue weighted by molar-refractivity contribution is 0.0600. The third-order valence-electron chi connectivity index (χ3n) is 3.35. The number of rotatable bonds is 4. The Labute approximate surface area is 151 Å². The van der Waals surface area contributed by atoms with Gasteiger partial charge in [-0.2, -0.15) is 0 Å². The summed E-state index contributed by atoms with van der Waals surface area (Å²) >= 11 is 6.02. The number of nitrogens with zero attached hydrogens (tertiary/aromatic N) is 2. The van der Waals surface area contributed by atoms with Crippen LogP contribution in [0.1, 0.15) is 21.0 Å². The Balaban J connectivity index is 1.81. The van der Waals surface area contributed by atoms with E-state index in [9.17, 15) is 14.0 Å². The molecule has 1 amide bonds. The normalized spacial score (nSPS) is 10.4. The van der Waals surface area contributed by atoms with E-state index in [1.165, 1.54) is 49.6 Å². The van der Waals surface area contributed by atoms with Crippen LogP contribution >= 0.6 is 11.6 Å². The standard InChI is InChI=1S/C17H11ClFN3O4/c1-25-17(24)10-4-7-12(18)13(8-10)20-14(23)16-22-21-15(26-16)9-2-5-11(19)6-3-9/h2-8H,1H3,(H,20,23). The Morgan fingerprint density at radius 3 is 2.58 bits per heavy atom. The number of esters is 1. The fourth-order valence-corrected chi connectivity index (χ4v) is 2.23. The maximum absolute atomic E-state index is 13.0. The van der Waals surface area contributed by atoms with E-state index in [1.807, 2.05) is 0 Å². The van der Waals surface area contributed by atoms with Crippen molar-refractivity contribution in [1.29, 1.82) is 0 Å². The van der Waals surface area contributed by atoms with Crippen molar-refractivity contribution in [3.05, 3.63) is 64.8 Å². The van der Waals surface area contributed by atoms with E-state index in [-0.39, 0.29) is 28.1 Å². The second-order valence-electron chi connectivity index (χ2n) is 5.06. The Kier molecular flexibility index (Phi) is 4.94. The van der Waals surface area contributed by atoms with Crippen LogP contribution in [0.25, 0.3) is 11.5 Å². The highest BCUT2D eigenvalue weighted by atomic mass is 35.5. The fourth-order valence-electron chi connectivity index (χ4n) is 2.07. The molecule has 0 spiro atoms. The smallest absolute Gasteiger partial charge is 0.337 e. The molecule has 0 unspecified atom stereocenters. The van der Waals surface area contributed by atoms with Gasteiger partial charge in [-0.15, -0.1) is 10.2 Å². The van der Waals surface area contributed by atoms with Crippen LogP contribution in [0.5, 0.6) is 0 Å². The number of ether oxygens (including phenoxy) is 1. The predicted molar refractivity (Wildman–Crippen MR) is 90.4 cm³/mol. The van der Waals surface area contributed by atoms with Gasteiger partial charge in [0.25, 0.3) is 0 Å². The molecule has 26 heavy (non-hydrogen) atoms. The number of anilines is 1. The maximum Gasteiger partial charge on any atom is 0.337 e. The molecule has 0 radical (unpaired) electrons. The first-order valence-electron chi connectivity index (χ1n) is 7.26. The molecule has 3 rings (SSSR count). The molecule has 7 nitrogen and oxygen atoms in total. The van der Waals surface area contributed by atoms with Gasteiger partial charge < -0.3 is 14.5 Å². The van der Waals surface area contributed by atoms with Gasteiger partial charge in [-0.25, -0.2) is 9.18 Å². The zero-order chi connectivity index (χ0) is 18.7. The molecule has 0 saturated carbocycles. The number of methoxy groups -OCH3 is 1. The van der Waals surface area contributed by atoms with E-state index in [2.05, 4.69) is 20.3 Å². The van der Waals surface area contributed by atoms with Gasteiger partial charge in [-0.1, -0.05) is 11.6 Å². The molecule has 2 aromatic carbocycles. The molecule has 0 aliphatic heterocycles. The van der Waals surface area contributed by atoms with Crippen molar-refractivity contribution in [2.75, 3.05) is 12.4 Å². The van der Waals surface area contributed by atoms with Crippen LogP contribution < -0.4 is 5.32 Å². The number of carbonyl (C=O) groups excluding carboxylic acids is 2. The Hall–Kier alpha value is -3.26. The van der Waals surface area contributed by atoms with Gasteiger partial charge in [0.05, 0.1) is 23.4 Å². The van der Waals surface area contributed by atoms with E-state index in [4.69, 9.17) is 16.0 Å². The van der Waals surface area contributed by atoms with Crippen molar-refractivity contribution in [3.63, 3.8) is 0 Å². The predicted octanol–water partition coefficient (Wildman–Crippen LogP) is 3.57. The largest absolute Gasteiger partial charge is 0.465 e. The second-order valence-corrected chi connectivity index (χ2v) is 5.47. The second kappa shape index (κ2) is 7.32. The van der Waals surface area contributed by atoms with Crippen LogP contribution in [0.2, 0.25) is 5.02 Å². The van der Waals surface area contributed by atoms with Crippen molar-refractivity contribution < 1.29 is 23.1 Å². The summed E-state index contributed by atoms with van der Waals surface area (Å²) in [5.41, 5.74) is 0.856. The summed E-state index contributed by atoms with van der Waals surface area (Å²) in [4.78, 5) is 23.8. The zero-order valence-electron chi connectivity index (χ0n) is 13.3. The molecule has 0 atom stereocenters. The van der Waals surface area contributed by atoms with Gasteiger partial charge in [0.15, 0.2) is 0 Å². The molecule has 1 N–H and O–H groups in total. The lowest BCUT2D eigenvalue weighted by Crippen LogP contribution is -2.13. The van der Waals surface area contributed by atoms with Crippen LogP contribution in [-0.2, 0) is 4.74 Å². The van der Waals surface area contributed by atoms with Gasteiger partial charge in [-0.05, 0) is 42.5 Å². The molecule has 0 bridgehead atoms. The molecule has 132 valence electrons. The monoisotopic (exact) mass is 375 g/mol. The number of nitrogens with one attached hydrogen (secondary N) is 1. The van der Waals surface area contributed by atoms with Gasteiger partial charge >= 0.3 is 17.8 Å². The first-order valence-corrected chi connectivity index (χ1v) is 7.64. The topological polar surface area (TPSA) is 94.3 Å². The average Bonchev–Trinajstić information content (AvgIpc) is 3.13. The number of amides is 1. The number of hydrogen-bond donors (Lipinski definition) is 1. The van der Waals surface area contributed by atoms with Crippen molar-refractivity contribution in [3.8, 4) is 11.5 Å². The summed E-state index contributed by atoms with van der Waals surface area (Å²) in [6.07, 6.45) is 0. The molecular weight excluding hydrogens is 365 g/mol. The summed E-state index contributed by atoms with van der Waals surface area (Å²) < 4.78 is 22.9. The van der Waals surface area contributed by atoms with Crippen molar-refractivity contribution in [1.82, 2.24) is 10.2 Å². The van der Waals surface area contributed by atoms with Gasteiger partial charge in [0.1, 0.15) is 5.82 Å². The highest BCUT2D eigenvalue weighted by molar-refractivity contribution is 6.34. The van der Waals surface area contributed by atoms with Gasteiger partial charge in [0, 0.05) is 5.56 Å². The molecule has 3 aromatic rings. The lowest BCUT2D eigenvalue weighted by atomic mass is 10.2. The lowest BCUT2D eigenvalue weighted by Gasteiger charge is -2.07. The number of halogens is 2. The summed E-state index contributed by atoms with van der Waals surface area (Å²) in [5.74, 6) is -1.96. The first kappa shape index (κ1) is 17.6. The quantitative estimate of drug-likeness (QED) is 0.700. The average molecular weight is 376 g/mol. The first-order chi connectivity index (χ1) is 12.5. The molecule has 1 aromatic heterocycles. The summed E-state index contributed by atoms with van der Waals surface area (Å²) in [7, 11) is 1.24. The van der Waals surface area contributed by atoms with Crippen LogP contribution in [0.15, 0.2) is 46.9 Å². The van der Waals surface area contributed by atoms with Gasteiger partial charge in [0.2, 0.25) is 5.89 Å². The van der Waals surface area contributed by atoms with Crippen molar-refractivity contribution >= 4 is 29.2 Å². The van der Waals surface area contributed by atoms with E-state index in [0.717, 1.165) is 0 Å². The molecule has 0 fully saturated rings. The van der Waals surface area contributed by atoms with Crippen LogP contribution in [0, 0.1) is 5.82 Å². The molecular formula is C17H11ClFN3O4. The number of aromatic nitrogens is 2. The molecule has 9 heteroatoms. The minimum absolute atomic E-state index is 0.0598. The number of hydrogen-bond acceptors (Lipinski definition) is 6. The van der Waals surface area contributed by atoms with Crippen LogP contribution in [-0.4, -0.2) is 29.2 Å². The Bertz CT molecular complexity index is 972. The molecule has 0 aliphatic rings. The van der Waals surface area contributed by atoms with Gasteiger partial charge in [-0.3, -0.25) is 4.79 Å². The van der Waals surface area contributed by atoms with Crippen molar-refractivity contribution in [2.24, 2.45) is 0 Å². The summed E-state index contributed by atoms with van der Waals surface area (Å²) in [5, 5.41) is 10.1. The molecule has 1 heterocycles. The van der Waals surface area contributed by atoms with E-state index in [1.54, 1.807) is 0 Å². The van der Waals surface area contributed by atoms with Crippen LogP contribution in [0.3, 0.4) is 0 Å². The minimum Gasteiger partial charge on any atom is -0.465 e. The maximum atomic E-state index is 13.0. The highest BCUT2D eigenvalue weighted by Crippen LogP contribution is 2.24. The van der Waals surface area contributed by atoms with Crippen molar-refractivity contribution in [2.45, 2.75) is 0 Å². The summed E-state index contributed by atoms with van der Waals surface area (Å²) in [6.45, 7) is 0. The minimum atomic E-state index is -0.713. The Morgan fingerprint density at radius 1 is 1.15 bits per heavy atom. The summed E-state index contributed by atoms with van der Waals surface area (Å²) in [6, 6.07) is 9.63. The van der Waals surface area contributed by atoms with E-state index in [0.29, 0.717) is 5.56 Å². The SMILES string of the molecule is COC(=O)c1ccc(Cl)c(NC(=O)c2nnc(-c3ccc(F)cc3)o2)c1. The third kappa shape index (κ3) is 3.70. The number of benzene rings is 2. The molecule has 0 aliphatic carbocycles. The fraction of sp³-hybridized carbons (Fsp3) is 0.0588.